The number of fused-ring (bicyclic) bond motifs is 2. The number of anilines is 1. The Balaban J connectivity index is 1.93. The summed E-state index contributed by atoms with van der Waals surface area (Å²) in [5, 5.41) is 13.7. The highest BCUT2D eigenvalue weighted by Crippen LogP contribution is 2.42. The number of hydrogen-bond acceptors (Lipinski definition) is 5. The van der Waals surface area contributed by atoms with E-state index in [4.69, 9.17) is 9.47 Å². The van der Waals surface area contributed by atoms with Crippen LogP contribution in [0.25, 0.3) is 11.1 Å². The fourth-order valence-electron chi connectivity index (χ4n) is 4.15. The Morgan fingerprint density at radius 1 is 1.25 bits per heavy atom. The molecule has 1 unspecified atom stereocenters. The lowest BCUT2D eigenvalue weighted by atomic mass is 9.84. The third kappa shape index (κ3) is 3.14. The van der Waals surface area contributed by atoms with E-state index in [9.17, 15) is 14.7 Å². The molecule has 6 nitrogen and oxygen atoms in total. The molecule has 4 rings (SSSR count). The van der Waals surface area contributed by atoms with Gasteiger partial charge in [-0.1, -0.05) is 6.07 Å². The van der Waals surface area contributed by atoms with Gasteiger partial charge in [-0.15, -0.1) is 0 Å². The van der Waals surface area contributed by atoms with Gasteiger partial charge in [-0.2, -0.15) is 0 Å². The monoisotopic (exact) mass is 381 g/mol. The SMILES string of the molecule is COC(=O)C(O)c1c2c(cc(C)c1-c1ccc3c(c1)CCCO3)NC(=O)CC2. The van der Waals surface area contributed by atoms with Crippen LogP contribution in [-0.4, -0.2) is 30.7 Å². The summed E-state index contributed by atoms with van der Waals surface area (Å²) in [6, 6.07) is 7.87. The first-order chi connectivity index (χ1) is 13.5. The lowest BCUT2D eigenvalue weighted by molar-refractivity contribution is -0.150. The van der Waals surface area contributed by atoms with Gasteiger partial charge in [-0.05, 0) is 72.2 Å². The molecular weight excluding hydrogens is 358 g/mol. The lowest BCUT2D eigenvalue weighted by Crippen LogP contribution is -2.24. The van der Waals surface area contributed by atoms with E-state index in [1.165, 1.54) is 7.11 Å². The molecule has 0 bridgehead atoms. The average Bonchev–Trinajstić information content (AvgIpc) is 2.71. The standard InChI is InChI=1S/C22H23NO5/c1-12-10-16-15(6-8-18(24)23-16)20(21(25)22(26)27-2)19(12)14-5-7-17-13(11-14)4-3-9-28-17/h5,7,10-11,21,25H,3-4,6,8-9H2,1-2H3,(H,23,24). The van der Waals surface area contributed by atoms with Gasteiger partial charge in [0.15, 0.2) is 6.10 Å². The molecule has 2 N–H and O–H groups in total. The zero-order valence-corrected chi connectivity index (χ0v) is 16.0. The van der Waals surface area contributed by atoms with E-state index in [-0.39, 0.29) is 5.91 Å². The second-order valence-electron chi connectivity index (χ2n) is 7.26. The van der Waals surface area contributed by atoms with Crippen molar-refractivity contribution in [3.05, 3.63) is 46.5 Å². The van der Waals surface area contributed by atoms with Crippen molar-refractivity contribution in [1.29, 1.82) is 0 Å². The highest BCUT2D eigenvalue weighted by molar-refractivity contribution is 5.96. The molecule has 2 aliphatic rings. The van der Waals surface area contributed by atoms with E-state index in [0.717, 1.165) is 53.0 Å². The van der Waals surface area contributed by atoms with Gasteiger partial charge in [0.1, 0.15) is 5.75 Å². The number of aryl methyl sites for hydroxylation is 2. The maximum Gasteiger partial charge on any atom is 0.339 e. The number of esters is 1. The second-order valence-corrected chi connectivity index (χ2v) is 7.26. The highest BCUT2D eigenvalue weighted by Gasteiger charge is 2.30. The quantitative estimate of drug-likeness (QED) is 0.798. The van der Waals surface area contributed by atoms with Crippen LogP contribution in [-0.2, 0) is 27.2 Å². The average molecular weight is 381 g/mol. The number of nitrogens with one attached hydrogen (secondary N) is 1. The van der Waals surface area contributed by atoms with Crippen molar-refractivity contribution < 1.29 is 24.2 Å². The van der Waals surface area contributed by atoms with E-state index in [1.54, 1.807) is 0 Å². The minimum absolute atomic E-state index is 0.0657. The molecule has 0 saturated carbocycles. The molecule has 0 aromatic heterocycles. The zero-order valence-electron chi connectivity index (χ0n) is 16.0. The van der Waals surface area contributed by atoms with Crippen molar-refractivity contribution in [2.45, 2.75) is 38.7 Å². The minimum Gasteiger partial charge on any atom is -0.493 e. The number of ether oxygens (including phenoxy) is 2. The molecule has 0 spiro atoms. The van der Waals surface area contributed by atoms with Crippen LogP contribution in [0.4, 0.5) is 5.69 Å². The van der Waals surface area contributed by atoms with E-state index in [1.807, 2.05) is 25.1 Å². The Bertz CT molecular complexity index is 966. The van der Waals surface area contributed by atoms with Crippen molar-refractivity contribution in [2.75, 3.05) is 19.0 Å². The Morgan fingerprint density at radius 2 is 2.07 bits per heavy atom. The molecule has 2 aliphatic heterocycles. The van der Waals surface area contributed by atoms with Gasteiger partial charge in [-0.3, -0.25) is 4.79 Å². The third-order valence-corrected chi connectivity index (χ3v) is 5.45. The van der Waals surface area contributed by atoms with Crippen molar-refractivity contribution >= 4 is 17.6 Å². The summed E-state index contributed by atoms with van der Waals surface area (Å²) in [5.41, 5.74) is 5.66. The van der Waals surface area contributed by atoms with Crippen LogP contribution in [0.3, 0.4) is 0 Å². The largest absolute Gasteiger partial charge is 0.493 e. The van der Waals surface area contributed by atoms with E-state index in [0.29, 0.717) is 24.1 Å². The van der Waals surface area contributed by atoms with Crippen LogP contribution in [0.2, 0.25) is 0 Å². The zero-order chi connectivity index (χ0) is 19.8. The topological polar surface area (TPSA) is 84.9 Å². The van der Waals surface area contributed by atoms with Crippen molar-refractivity contribution in [3.63, 3.8) is 0 Å². The Kier molecular flexibility index (Phi) is 4.81. The summed E-state index contributed by atoms with van der Waals surface area (Å²) in [6.45, 7) is 2.63. The summed E-state index contributed by atoms with van der Waals surface area (Å²) >= 11 is 0. The first kappa shape index (κ1) is 18.5. The van der Waals surface area contributed by atoms with Gasteiger partial charge in [0.2, 0.25) is 5.91 Å². The Morgan fingerprint density at radius 3 is 2.86 bits per heavy atom. The number of carbonyl (C=O) groups excluding carboxylic acids is 2. The number of benzene rings is 2. The van der Waals surface area contributed by atoms with Crippen LogP contribution in [0, 0.1) is 6.92 Å². The van der Waals surface area contributed by atoms with Crippen LogP contribution >= 0.6 is 0 Å². The molecule has 0 fully saturated rings. The molecule has 6 heteroatoms. The first-order valence-corrected chi connectivity index (χ1v) is 9.48. The van der Waals surface area contributed by atoms with Crippen LogP contribution in [0.5, 0.6) is 5.75 Å². The number of aliphatic hydroxyl groups excluding tert-OH is 1. The van der Waals surface area contributed by atoms with Crippen LogP contribution in [0.1, 0.15) is 41.2 Å². The molecule has 2 aromatic carbocycles. The molecule has 0 aliphatic carbocycles. The van der Waals surface area contributed by atoms with Gasteiger partial charge >= 0.3 is 5.97 Å². The molecule has 1 amide bonds. The van der Waals surface area contributed by atoms with Gasteiger partial charge in [0, 0.05) is 17.7 Å². The number of methoxy groups -OCH3 is 1. The van der Waals surface area contributed by atoms with Crippen LogP contribution < -0.4 is 10.1 Å². The number of hydrogen-bond donors (Lipinski definition) is 2. The summed E-state index contributed by atoms with van der Waals surface area (Å²) in [5.74, 6) is 0.101. The summed E-state index contributed by atoms with van der Waals surface area (Å²) < 4.78 is 10.5. The molecule has 1 atom stereocenters. The number of rotatable bonds is 3. The van der Waals surface area contributed by atoms with E-state index < -0.39 is 12.1 Å². The fraction of sp³-hybridized carbons (Fsp3) is 0.364. The second kappa shape index (κ2) is 7.28. The summed E-state index contributed by atoms with van der Waals surface area (Å²) in [7, 11) is 1.26. The van der Waals surface area contributed by atoms with Crippen molar-refractivity contribution in [2.24, 2.45) is 0 Å². The van der Waals surface area contributed by atoms with E-state index in [2.05, 4.69) is 11.4 Å². The first-order valence-electron chi connectivity index (χ1n) is 9.48. The molecule has 2 aromatic rings. The molecule has 0 radical (unpaired) electrons. The smallest absolute Gasteiger partial charge is 0.339 e. The molecule has 2 heterocycles. The number of carbonyl (C=O) groups is 2. The van der Waals surface area contributed by atoms with Gasteiger partial charge in [0.05, 0.1) is 13.7 Å². The maximum absolute atomic E-state index is 12.2. The Labute approximate surface area is 163 Å². The molecule has 146 valence electrons. The Hall–Kier alpha value is -2.86. The maximum atomic E-state index is 12.2. The van der Waals surface area contributed by atoms with Crippen molar-refractivity contribution in [3.8, 4) is 16.9 Å². The minimum atomic E-state index is -1.42. The molecular formula is C22H23NO5. The normalized spacial score (nSPS) is 16.3. The number of amides is 1. The number of aliphatic hydroxyl groups is 1. The predicted octanol–water partition coefficient (Wildman–Crippen LogP) is 3.08. The molecule has 0 saturated heterocycles. The highest BCUT2D eigenvalue weighted by atomic mass is 16.5. The summed E-state index contributed by atoms with van der Waals surface area (Å²) in [4.78, 5) is 24.1. The van der Waals surface area contributed by atoms with Gasteiger partial charge in [-0.25, -0.2) is 4.79 Å². The fourth-order valence-corrected chi connectivity index (χ4v) is 4.15. The van der Waals surface area contributed by atoms with Crippen molar-refractivity contribution in [1.82, 2.24) is 0 Å². The van der Waals surface area contributed by atoms with Gasteiger partial charge in [0.25, 0.3) is 0 Å². The van der Waals surface area contributed by atoms with Crippen LogP contribution in [0.15, 0.2) is 24.3 Å². The van der Waals surface area contributed by atoms with Gasteiger partial charge < -0.3 is 19.9 Å². The third-order valence-electron chi connectivity index (χ3n) is 5.45. The summed E-state index contributed by atoms with van der Waals surface area (Å²) in [6.07, 6.45) is 1.25. The van der Waals surface area contributed by atoms with E-state index >= 15 is 0 Å². The lowest BCUT2D eigenvalue weighted by Gasteiger charge is -2.27. The molecule has 28 heavy (non-hydrogen) atoms. The predicted molar refractivity (Wildman–Crippen MR) is 104 cm³/mol.